The average molecular weight is 254 g/mol. The van der Waals surface area contributed by atoms with Crippen LogP contribution in [0.4, 0.5) is 0 Å². The molecule has 0 aromatic rings. The summed E-state index contributed by atoms with van der Waals surface area (Å²) >= 11 is 0. The summed E-state index contributed by atoms with van der Waals surface area (Å²) in [6.45, 7) is 4.90. The molecule has 2 rings (SSSR count). The second kappa shape index (κ2) is 5.26. The van der Waals surface area contributed by atoms with Crippen molar-refractivity contribution in [3.63, 3.8) is 0 Å². The van der Waals surface area contributed by atoms with Crippen LogP contribution in [0.5, 0.6) is 0 Å². The van der Waals surface area contributed by atoms with Crippen molar-refractivity contribution in [1.29, 1.82) is 0 Å². The van der Waals surface area contributed by atoms with Crippen molar-refractivity contribution in [3.05, 3.63) is 0 Å². The van der Waals surface area contributed by atoms with Crippen molar-refractivity contribution >= 4 is 11.8 Å². The summed E-state index contributed by atoms with van der Waals surface area (Å²) in [4.78, 5) is 26.3. The number of methoxy groups -OCH3 is 1. The van der Waals surface area contributed by atoms with Gasteiger partial charge < -0.3 is 15.0 Å². The van der Waals surface area contributed by atoms with E-state index in [4.69, 9.17) is 4.74 Å². The van der Waals surface area contributed by atoms with Crippen LogP contribution in [0, 0.1) is 11.8 Å². The van der Waals surface area contributed by atoms with E-state index in [1.807, 2.05) is 13.8 Å². The lowest BCUT2D eigenvalue weighted by molar-refractivity contribution is -0.152. The van der Waals surface area contributed by atoms with Crippen LogP contribution in [0.25, 0.3) is 0 Å². The first-order chi connectivity index (χ1) is 8.56. The van der Waals surface area contributed by atoms with Gasteiger partial charge in [-0.3, -0.25) is 9.59 Å². The maximum Gasteiger partial charge on any atom is 0.246 e. The van der Waals surface area contributed by atoms with Gasteiger partial charge in [0.1, 0.15) is 12.1 Å². The Balaban J connectivity index is 2.14. The Labute approximate surface area is 108 Å². The summed E-state index contributed by atoms with van der Waals surface area (Å²) in [7, 11) is 1.61. The highest BCUT2D eigenvalue weighted by atomic mass is 16.5. The van der Waals surface area contributed by atoms with Gasteiger partial charge in [-0.2, -0.15) is 0 Å². The van der Waals surface area contributed by atoms with Crippen molar-refractivity contribution in [3.8, 4) is 0 Å². The molecule has 5 nitrogen and oxygen atoms in total. The number of nitrogens with one attached hydrogen (secondary N) is 1. The number of hydrogen-bond donors (Lipinski definition) is 1. The Morgan fingerprint density at radius 2 is 2.06 bits per heavy atom. The minimum atomic E-state index is -0.359. The van der Waals surface area contributed by atoms with E-state index in [0.29, 0.717) is 19.1 Å². The number of carbonyl (C=O) groups excluding carboxylic acids is 2. The van der Waals surface area contributed by atoms with Crippen molar-refractivity contribution in [2.75, 3.05) is 20.3 Å². The summed E-state index contributed by atoms with van der Waals surface area (Å²) in [6.07, 6.45) is 2.09. The average Bonchev–Trinajstić information content (AvgIpc) is 3.12. The van der Waals surface area contributed by atoms with Crippen LogP contribution in [-0.2, 0) is 14.3 Å². The number of ether oxygens (including phenoxy) is 1. The molecule has 1 saturated carbocycles. The Kier molecular flexibility index (Phi) is 3.90. The summed E-state index contributed by atoms with van der Waals surface area (Å²) in [5.41, 5.74) is 0. The molecule has 2 unspecified atom stereocenters. The van der Waals surface area contributed by atoms with Crippen LogP contribution in [0.1, 0.15) is 26.7 Å². The van der Waals surface area contributed by atoms with Gasteiger partial charge in [0.05, 0.1) is 6.61 Å². The number of carbonyl (C=O) groups is 2. The molecular formula is C13H22N2O3. The quantitative estimate of drug-likeness (QED) is 0.772. The van der Waals surface area contributed by atoms with Gasteiger partial charge in [-0.15, -0.1) is 0 Å². The fraction of sp³-hybridized carbons (Fsp3) is 0.846. The van der Waals surface area contributed by atoms with Gasteiger partial charge >= 0.3 is 0 Å². The zero-order chi connectivity index (χ0) is 13.3. The first kappa shape index (κ1) is 13.3. The maximum absolute atomic E-state index is 12.4. The van der Waals surface area contributed by atoms with E-state index in [9.17, 15) is 9.59 Å². The summed E-state index contributed by atoms with van der Waals surface area (Å²) < 4.78 is 5.04. The van der Waals surface area contributed by atoms with Gasteiger partial charge in [0, 0.05) is 13.7 Å². The highest BCUT2D eigenvalue weighted by Gasteiger charge is 2.47. The number of rotatable bonds is 5. The number of hydrogen-bond acceptors (Lipinski definition) is 3. The molecule has 5 heteroatoms. The van der Waals surface area contributed by atoms with E-state index in [0.717, 1.165) is 12.8 Å². The van der Waals surface area contributed by atoms with Crippen LogP contribution < -0.4 is 5.32 Å². The van der Waals surface area contributed by atoms with Gasteiger partial charge in [0.25, 0.3) is 0 Å². The first-order valence-corrected chi connectivity index (χ1v) is 6.66. The smallest absolute Gasteiger partial charge is 0.246 e. The van der Waals surface area contributed by atoms with Crippen molar-refractivity contribution in [1.82, 2.24) is 10.2 Å². The number of nitrogens with zero attached hydrogens (tertiary/aromatic N) is 1. The summed E-state index contributed by atoms with van der Waals surface area (Å²) in [6, 6.07) is -0.660. The van der Waals surface area contributed by atoms with E-state index in [-0.39, 0.29) is 29.8 Å². The molecule has 1 saturated heterocycles. The molecule has 18 heavy (non-hydrogen) atoms. The number of amides is 2. The molecule has 0 aromatic heterocycles. The van der Waals surface area contributed by atoms with Gasteiger partial charge in [0.15, 0.2) is 0 Å². The van der Waals surface area contributed by atoms with Crippen LogP contribution in [0.15, 0.2) is 0 Å². The molecule has 0 bridgehead atoms. The Bertz CT molecular complexity index is 339. The second-order valence-electron chi connectivity index (χ2n) is 5.54. The molecule has 0 radical (unpaired) electrons. The first-order valence-electron chi connectivity index (χ1n) is 6.66. The van der Waals surface area contributed by atoms with E-state index in [1.54, 1.807) is 12.0 Å². The van der Waals surface area contributed by atoms with Gasteiger partial charge in [0.2, 0.25) is 11.8 Å². The van der Waals surface area contributed by atoms with E-state index >= 15 is 0 Å². The van der Waals surface area contributed by atoms with Crippen molar-refractivity contribution in [2.45, 2.75) is 38.8 Å². The minimum Gasteiger partial charge on any atom is -0.383 e. The molecule has 2 atom stereocenters. The lowest BCUT2D eigenvalue weighted by Gasteiger charge is -2.40. The fourth-order valence-electron chi connectivity index (χ4n) is 2.61. The largest absolute Gasteiger partial charge is 0.383 e. The maximum atomic E-state index is 12.4. The zero-order valence-electron chi connectivity index (χ0n) is 11.3. The SMILES string of the molecule is COCCN1C(=O)C(C2CC2)NC(=O)C1C(C)C. The summed E-state index contributed by atoms with van der Waals surface area (Å²) in [5.74, 6) is 0.510. The monoisotopic (exact) mass is 254 g/mol. The molecule has 1 N–H and O–H groups in total. The summed E-state index contributed by atoms with van der Waals surface area (Å²) in [5, 5.41) is 2.89. The molecule has 0 spiro atoms. The topological polar surface area (TPSA) is 58.6 Å². The van der Waals surface area contributed by atoms with Crippen LogP contribution in [0.2, 0.25) is 0 Å². The molecule has 2 aliphatic rings. The molecule has 1 aliphatic carbocycles. The van der Waals surface area contributed by atoms with Crippen LogP contribution >= 0.6 is 0 Å². The lowest BCUT2D eigenvalue weighted by Crippen LogP contribution is -2.65. The van der Waals surface area contributed by atoms with Crippen molar-refractivity contribution in [2.24, 2.45) is 11.8 Å². The predicted molar refractivity (Wildman–Crippen MR) is 66.9 cm³/mol. The van der Waals surface area contributed by atoms with Crippen LogP contribution in [0.3, 0.4) is 0 Å². The molecule has 1 aliphatic heterocycles. The molecule has 2 amide bonds. The fourth-order valence-corrected chi connectivity index (χ4v) is 2.61. The Morgan fingerprint density at radius 1 is 1.39 bits per heavy atom. The van der Waals surface area contributed by atoms with Crippen LogP contribution in [-0.4, -0.2) is 49.1 Å². The number of piperazine rings is 1. The Hall–Kier alpha value is -1.10. The van der Waals surface area contributed by atoms with Gasteiger partial charge in [-0.25, -0.2) is 0 Å². The highest BCUT2D eigenvalue weighted by Crippen LogP contribution is 2.35. The third-order valence-electron chi connectivity index (χ3n) is 3.71. The molecule has 102 valence electrons. The predicted octanol–water partition coefficient (Wildman–Crippen LogP) is 0.394. The normalized spacial score (nSPS) is 28.8. The standard InChI is InChI=1S/C13H22N2O3/c1-8(2)11-12(16)14-10(9-4-5-9)13(17)15(11)6-7-18-3/h8-11H,4-7H2,1-3H3,(H,14,16). The third-order valence-corrected chi connectivity index (χ3v) is 3.71. The molecule has 2 fully saturated rings. The molecule has 0 aromatic carbocycles. The zero-order valence-corrected chi connectivity index (χ0v) is 11.3. The van der Waals surface area contributed by atoms with E-state index in [1.165, 1.54) is 0 Å². The highest BCUT2D eigenvalue weighted by molar-refractivity contribution is 5.97. The lowest BCUT2D eigenvalue weighted by atomic mass is 9.95. The minimum absolute atomic E-state index is 0.0161. The van der Waals surface area contributed by atoms with E-state index in [2.05, 4.69) is 5.32 Å². The second-order valence-corrected chi connectivity index (χ2v) is 5.54. The van der Waals surface area contributed by atoms with Crippen molar-refractivity contribution < 1.29 is 14.3 Å². The van der Waals surface area contributed by atoms with Gasteiger partial charge in [-0.1, -0.05) is 13.8 Å². The van der Waals surface area contributed by atoms with Gasteiger partial charge in [-0.05, 0) is 24.7 Å². The van der Waals surface area contributed by atoms with E-state index < -0.39 is 0 Å². The Morgan fingerprint density at radius 3 is 2.56 bits per heavy atom. The molecule has 1 heterocycles. The molecular weight excluding hydrogens is 232 g/mol. The third kappa shape index (κ3) is 2.51.